The van der Waals surface area contributed by atoms with Crippen LogP contribution in [0, 0.1) is 5.82 Å². The smallest absolute Gasteiger partial charge is 0.234 e. The third-order valence-corrected chi connectivity index (χ3v) is 5.40. The minimum Gasteiger partial charge on any atom is -0.326 e. The van der Waals surface area contributed by atoms with Crippen LogP contribution in [0.25, 0.3) is 5.69 Å². The fourth-order valence-electron chi connectivity index (χ4n) is 3.04. The Morgan fingerprint density at radius 3 is 2.53 bits per heavy atom. The van der Waals surface area contributed by atoms with Crippen LogP contribution in [0.1, 0.15) is 31.5 Å². The molecule has 30 heavy (non-hydrogen) atoms. The third kappa shape index (κ3) is 4.85. The minimum atomic E-state index is -0.409. The Morgan fingerprint density at radius 2 is 1.83 bits per heavy atom. The van der Waals surface area contributed by atoms with Crippen molar-refractivity contribution in [2.75, 3.05) is 16.4 Å². The van der Waals surface area contributed by atoms with Crippen LogP contribution in [0.2, 0.25) is 0 Å². The van der Waals surface area contributed by atoms with Gasteiger partial charge in [0, 0.05) is 24.2 Å². The Morgan fingerprint density at radius 1 is 1.10 bits per heavy atom. The molecule has 1 aliphatic carbocycles. The molecule has 0 spiro atoms. The van der Waals surface area contributed by atoms with Crippen LogP contribution in [0.5, 0.6) is 0 Å². The van der Waals surface area contributed by atoms with Crippen molar-refractivity contribution in [3.8, 4) is 5.69 Å². The molecule has 1 saturated carbocycles. The molecule has 1 fully saturated rings. The van der Waals surface area contributed by atoms with E-state index in [0.717, 1.165) is 24.4 Å². The Balaban J connectivity index is 1.53. The zero-order chi connectivity index (χ0) is 21.1. The van der Waals surface area contributed by atoms with Crippen molar-refractivity contribution < 1.29 is 14.0 Å². The average molecular weight is 425 g/mol. The van der Waals surface area contributed by atoms with E-state index in [0.29, 0.717) is 22.4 Å². The summed E-state index contributed by atoms with van der Waals surface area (Å²) in [5.41, 5.74) is 1.90. The van der Waals surface area contributed by atoms with Gasteiger partial charge in [-0.3, -0.25) is 14.2 Å². The van der Waals surface area contributed by atoms with Crippen LogP contribution in [0.15, 0.2) is 53.7 Å². The molecule has 0 saturated heterocycles. The monoisotopic (exact) mass is 425 g/mol. The predicted octanol–water partition coefficient (Wildman–Crippen LogP) is 3.97. The minimum absolute atomic E-state index is 0.102. The third-order valence-electron chi connectivity index (χ3n) is 4.47. The van der Waals surface area contributed by atoms with Crippen molar-refractivity contribution in [1.82, 2.24) is 14.8 Å². The number of hydrogen-bond donors (Lipinski definition) is 2. The zero-order valence-corrected chi connectivity index (χ0v) is 17.1. The zero-order valence-electron chi connectivity index (χ0n) is 16.3. The van der Waals surface area contributed by atoms with E-state index >= 15 is 0 Å². The van der Waals surface area contributed by atoms with Crippen LogP contribution in [0.3, 0.4) is 0 Å². The molecule has 154 valence electrons. The van der Waals surface area contributed by atoms with Gasteiger partial charge < -0.3 is 10.6 Å². The van der Waals surface area contributed by atoms with Gasteiger partial charge in [0.05, 0.1) is 11.4 Å². The van der Waals surface area contributed by atoms with Gasteiger partial charge in [-0.05, 0) is 49.2 Å². The van der Waals surface area contributed by atoms with Crippen molar-refractivity contribution >= 4 is 35.0 Å². The number of halogens is 1. The van der Waals surface area contributed by atoms with E-state index in [1.807, 2.05) is 28.8 Å². The molecule has 2 amide bonds. The van der Waals surface area contributed by atoms with Crippen molar-refractivity contribution in [2.45, 2.75) is 30.8 Å². The topological polar surface area (TPSA) is 88.9 Å². The summed E-state index contributed by atoms with van der Waals surface area (Å²) in [7, 11) is 0. The Kier molecular flexibility index (Phi) is 5.80. The summed E-state index contributed by atoms with van der Waals surface area (Å²) in [4.78, 5) is 23.7. The lowest BCUT2D eigenvalue weighted by molar-refractivity contribution is -0.114. The lowest BCUT2D eigenvalue weighted by Crippen LogP contribution is -2.14. The van der Waals surface area contributed by atoms with E-state index in [-0.39, 0.29) is 17.6 Å². The number of hydrogen-bond acceptors (Lipinski definition) is 5. The van der Waals surface area contributed by atoms with Crippen LogP contribution in [-0.2, 0) is 9.59 Å². The number of carbonyl (C=O) groups excluding carboxylic acids is 2. The van der Waals surface area contributed by atoms with E-state index in [2.05, 4.69) is 20.8 Å². The van der Waals surface area contributed by atoms with E-state index in [1.165, 1.54) is 30.8 Å². The maximum absolute atomic E-state index is 13.3. The molecule has 7 nitrogen and oxygen atoms in total. The first-order valence-electron chi connectivity index (χ1n) is 9.51. The normalized spacial score (nSPS) is 13.1. The highest BCUT2D eigenvalue weighted by atomic mass is 32.2. The lowest BCUT2D eigenvalue weighted by Gasteiger charge is -2.12. The van der Waals surface area contributed by atoms with E-state index < -0.39 is 5.82 Å². The second-order valence-corrected chi connectivity index (χ2v) is 7.97. The number of carbonyl (C=O) groups is 2. The number of rotatable bonds is 7. The molecule has 9 heteroatoms. The molecule has 0 bridgehead atoms. The number of nitrogens with one attached hydrogen (secondary N) is 2. The molecule has 0 atom stereocenters. The molecular formula is C21H20FN5O2S. The van der Waals surface area contributed by atoms with Crippen molar-refractivity contribution in [3.63, 3.8) is 0 Å². The van der Waals surface area contributed by atoms with Crippen LogP contribution < -0.4 is 10.6 Å². The van der Waals surface area contributed by atoms with E-state index in [4.69, 9.17) is 0 Å². The highest BCUT2D eigenvalue weighted by molar-refractivity contribution is 7.99. The van der Waals surface area contributed by atoms with Crippen LogP contribution >= 0.6 is 11.8 Å². The number of thioether (sulfide) groups is 1. The summed E-state index contributed by atoms with van der Waals surface area (Å²) in [5.74, 6) is 0.473. The maximum Gasteiger partial charge on any atom is 0.234 e. The molecule has 2 aromatic carbocycles. The largest absolute Gasteiger partial charge is 0.326 e. The maximum atomic E-state index is 13.3. The van der Waals surface area contributed by atoms with E-state index in [9.17, 15) is 14.0 Å². The Bertz CT molecular complexity index is 1100. The van der Waals surface area contributed by atoms with Gasteiger partial charge >= 0.3 is 0 Å². The fraction of sp³-hybridized carbons (Fsp3) is 0.238. The van der Waals surface area contributed by atoms with Gasteiger partial charge in [-0.1, -0.05) is 23.9 Å². The van der Waals surface area contributed by atoms with Gasteiger partial charge in [0.1, 0.15) is 11.6 Å². The summed E-state index contributed by atoms with van der Waals surface area (Å²) >= 11 is 1.26. The van der Waals surface area contributed by atoms with Crippen LogP contribution in [0.4, 0.5) is 15.8 Å². The Labute approximate surface area is 177 Å². The first-order chi connectivity index (χ1) is 14.5. The number of amides is 2. The summed E-state index contributed by atoms with van der Waals surface area (Å²) < 4.78 is 15.2. The van der Waals surface area contributed by atoms with Gasteiger partial charge in [-0.2, -0.15) is 0 Å². The number of aromatic nitrogens is 3. The van der Waals surface area contributed by atoms with Gasteiger partial charge in [-0.25, -0.2) is 4.39 Å². The van der Waals surface area contributed by atoms with Crippen molar-refractivity contribution in [2.24, 2.45) is 0 Å². The fourth-order valence-corrected chi connectivity index (χ4v) is 3.80. The quantitative estimate of drug-likeness (QED) is 0.559. The average Bonchev–Trinajstić information content (AvgIpc) is 3.45. The molecule has 4 rings (SSSR count). The summed E-state index contributed by atoms with van der Waals surface area (Å²) in [5, 5.41) is 14.7. The van der Waals surface area contributed by atoms with Crippen molar-refractivity contribution in [3.05, 3.63) is 60.2 Å². The summed E-state index contributed by atoms with van der Waals surface area (Å²) in [6.07, 6.45) is 2.10. The van der Waals surface area contributed by atoms with E-state index in [1.54, 1.807) is 12.1 Å². The van der Waals surface area contributed by atoms with Gasteiger partial charge in [0.25, 0.3) is 0 Å². The number of benzene rings is 2. The predicted molar refractivity (Wildman–Crippen MR) is 113 cm³/mol. The summed E-state index contributed by atoms with van der Waals surface area (Å²) in [6, 6.07) is 13.2. The first-order valence-corrected chi connectivity index (χ1v) is 10.5. The molecular weight excluding hydrogens is 405 g/mol. The van der Waals surface area contributed by atoms with Gasteiger partial charge in [-0.15, -0.1) is 10.2 Å². The molecule has 2 N–H and O–H groups in total. The molecule has 1 heterocycles. The highest BCUT2D eigenvalue weighted by Gasteiger charge is 2.31. The number of anilines is 2. The summed E-state index contributed by atoms with van der Waals surface area (Å²) in [6.45, 7) is 1.46. The SMILES string of the molecule is CC(=O)Nc1cccc(-n2c(SCC(=O)Nc3cccc(F)c3)nnc2C2CC2)c1. The molecule has 0 unspecified atom stereocenters. The number of nitrogens with zero attached hydrogens (tertiary/aromatic N) is 3. The van der Waals surface area contributed by atoms with Gasteiger partial charge in [0.15, 0.2) is 5.16 Å². The first kappa shape index (κ1) is 20.1. The highest BCUT2D eigenvalue weighted by Crippen LogP contribution is 2.41. The molecule has 0 radical (unpaired) electrons. The van der Waals surface area contributed by atoms with Gasteiger partial charge in [0.2, 0.25) is 11.8 Å². The second-order valence-electron chi connectivity index (χ2n) is 7.03. The van der Waals surface area contributed by atoms with Crippen LogP contribution in [-0.4, -0.2) is 32.3 Å². The molecule has 1 aliphatic rings. The standard InChI is InChI=1S/C21H20FN5O2S/c1-13(28)23-17-6-3-7-18(11-17)27-20(14-8-9-14)25-26-21(27)30-12-19(29)24-16-5-2-4-15(22)10-16/h2-7,10-11,14H,8-9,12H2,1H3,(H,23,28)(H,24,29). The second kappa shape index (κ2) is 8.66. The van der Waals surface area contributed by atoms with Crippen molar-refractivity contribution in [1.29, 1.82) is 0 Å². The molecule has 1 aromatic heterocycles. The lowest BCUT2D eigenvalue weighted by atomic mass is 10.2. The Hall–Kier alpha value is -3.20. The molecule has 3 aromatic rings. The molecule has 0 aliphatic heterocycles.